The van der Waals surface area contributed by atoms with Crippen LogP contribution in [-0.2, 0) is 5.41 Å². The van der Waals surface area contributed by atoms with Crippen LogP contribution in [0.3, 0.4) is 0 Å². The number of anilines is 1. The van der Waals surface area contributed by atoms with Crippen LogP contribution in [0.1, 0.15) is 42.9 Å². The quantitative estimate of drug-likeness (QED) is 0.636. The van der Waals surface area contributed by atoms with E-state index in [9.17, 15) is 0 Å². The summed E-state index contributed by atoms with van der Waals surface area (Å²) in [6.45, 7) is 2.35. The van der Waals surface area contributed by atoms with E-state index in [0.717, 1.165) is 24.9 Å². The minimum absolute atomic E-state index is 0.274. The van der Waals surface area contributed by atoms with Gasteiger partial charge in [-0.15, -0.1) is 0 Å². The Bertz CT molecular complexity index is 1160. The van der Waals surface area contributed by atoms with Gasteiger partial charge in [0.25, 0.3) is 0 Å². The first kappa shape index (κ1) is 16.8. The van der Waals surface area contributed by atoms with Crippen LogP contribution in [0.5, 0.6) is 0 Å². The fraction of sp³-hybridized carbons (Fsp3) is 0.222. The second kappa shape index (κ2) is 6.18. The maximum Gasteiger partial charge on any atom is 0.0699 e. The molecule has 6 rings (SSSR count). The summed E-state index contributed by atoms with van der Waals surface area (Å²) in [6, 6.07) is 15.7. The highest BCUT2D eigenvalue weighted by atomic mass is 15.0. The van der Waals surface area contributed by atoms with Gasteiger partial charge in [-0.2, -0.15) is 0 Å². The number of benzene rings is 2. The Labute approximate surface area is 172 Å². The number of hydrogen-bond donors (Lipinski definition) is 1. The minimum atomic E-state index is -0.274. The highest BCUT2D eigenvalue weighted by Crippen LogP contribution is 2.54. The summed E-state index contributed by atoms with van der Waals surface area (Å²) >= 11 is 0. The predicted octanol–water partition coefficient (Wildman–Crippen LogP) is 6.49. The molecule has 0 fully saturated rings. The molecular formula is C27H24N2. The zero-order valence-corrected chi connectivity index (χ0v) is 16.7. The molecular weight excluding hydrogens is 352 g/mol. The van der Waals surface area contributed by atoms with Gasteiger partial charge in [-0.3, -0.25) is 4.99 Å². The number of aliphatic imine (C=N–C) groups is 1. The lowest BCUT2D eigenvalue weighted by Gasteiger charge is -2.31. The number of fused-ring (bicyclic) bond motifs is 5. The van der Waals surface area contributed by atoms with Crippen molar-refractivity contribution in [2.24, 2.45) is 4.99 Å². The normalized spacial score (nSPS) is 26.1. The molecule has 29 heavy (non-hydrogen) atoms. The van der Waals surface area contributed by atoms with Crippen molar-refractivity contribution < 1.29 is 0 Å². The standard InChI is InChI=1S/C27H24N2/c1-27(19-12-6-3-7-13-19)24-23(29-26(27)18-10-4-2-5-11-18)17-16-21-20-14-8-9-15-22(20)28-25(21)24/h3-4,6-14,16-17,22,28H,2,5,15H2,1H3. The minimum Gasteiger partial charge on any atom is -0.377 e. The molecule has 2 aromatic rings. The lowest BCUT2D eigenvalue weighted by Crippen LogP contribution is -2.33. The predicted molar refractivity (Wildman–Crippen MR) is 122 cm³/mol. The average molecular weight is 377 g/mol. The average Bonchev–Trinajstić information content (AvgIpc) is 3.31. The Hall–Kier alpha value is -3.13. The summed E-state index contributed by atoms with van der Waals surface area (Å²) in [5.41, 5.74) is 9.91. The van der Waals surface area contributed by atoms with Crippen molar-refractivity contribution in [2.75, 3.05) is 5.32 Å². The SMILES string of the molecule is CC1(c2ccccc2)C(C2=CCCC=C2)=Nc2ccc3c(c21)NC1CC=CC=C31. The zero-order valence-electron chi connectivity index (χ0n) is 16.7. The summed E-state index contributed by atoms with van der Waals surface area (Å²) in [5.74, 6) is 0. The van der Waals surface area contributed by atoms with E-state index >= 15 is 0 Å². The molecule has 4 aliphatic rings. The van der Waals surface area contributed by atoms with E-state index in [1.54, 1.807) is 0 Å². The van der Waals surface area contributed by atoms with Gasteiger partial charge in [0.1, 0.15) is 0 Å². The molecule has 142 valence electrons. The van der Waals surface area contributed by atoms with E-state index in [4.69, 9.17) is 4.99 Å². The Morgan fingerprint density at radius 3 is 2.76 bits per heavy atom. The van der Waals surface area contributed by atoms with Crippen molar-refractivity contribution in [3.05, 3.63) is 101 Å². The maximum absolute atomic E-state index is 5.22. The molecule has 2 atom stereocenters. The van der Waals surface area contributed by atoms with Crippen molar-refractivity contribution in [1.82, 2.24) is 0 Å². The molecule has 1 N–H and O–H groups in total. The number of hydrogen-bond acceptors (Lipinski definition) is 2. The smallest absolute Gasteiger partial charge is 0.0699 e. The Balaban J connectivity index is 1.60. The maximum atomic E-state index is 5.22. The zero-order chi connectivity index (χ0) is 19.4. The van der Waals surface area contributed by atoms with Crippen LogP contribution >= 0.6 is 0 Å². The molecule has 0 bridgehead atoms. The van der Waals surface area contributed by atoms with Gasteiger partial charge in [-0.05, 0) is 49.0 Å². The van der Waals surface area contributed by atoms with Gasteiger partial charge in [0, 0.05) is 16.8 Å². The van der Waals surface area contributed by atoms with E-state index in [-0.39, 0.29) is 5.41 Å². The van der Waals surface area contributed by atoms with Gasteiger partial charge in [-0.25, -0.2) is 0 Å². The fourth-order valence-corrected chi connectivity index (χ4v) is 5.34. The summed E-state index contributed by atoms with van der Waals surface area (Å²) in [6.07, 6.45) is 16.8. The molecule has 0 saturated heterocycles. The van der Waals surface area contributed by atoms with Crippen molar-refractivity contribution in [3.8, 4) is 0 Å². The third-order valence-electron chi connectivity index (χ3n) is 6.80. The Kier molecular flexibility index (Phi) is 3.58. The number of rotatable bonds is 2. The van der Waals surface area contributed by atoms with E-state index in [0.29, 0.717) is 6.04 Å². The van der Waals surface area contributed by atoms with Crippen LogP contribution in [0.2, 0.25) is 0 Å². The monoisotopic (exact) mass is 376 g/mol. The van der Waals surface area contributed by atoms with E-state index in [1.807, 2.05) is 0 Å². The molecule has 0 amide bonds. The van der Waals surface area contributed by atoms with Crippen LogP contribution in [0, 0.1) is 0 Å². The molecule has 2 aliphatic heterocycles. The molecule has 2 nitrogen and oxygen atoms in total. The number of allylic oxidation sites excluding steroid dienone is 6. The number of nitrogens with one attached hydrogen (secondary N) is 1. The first-order chi connectivity index (χ1) is 14.3. The fourth-order valence-electron chi connectivity index (χ4n) is 5.34. The van der Waals surface area contributed by atoms with Crippen molar-refractivity contribution in [3.63, 3.8) is 0 Å². The highest BCUT2D eigenvalue weighted by molar-refractivity contribution is 6.17. The van der Waals surface area contributed by atoms with Crippen molar-refractivity contribution in [2.45, 2.75) is 37.6 Å². The van der Waals surface area contributed by atoms with Crippen LogP contribution in [0.25, 0.3) is 5.57 Å². The molecule has 2 heterocycles. The van der Waals surface area contributed by atoms with E-state index in [2.05, 4.69) is 91.2 Å². The third-order valence-corrected chi connectivity index (χ3v) is 6.80. The second-order valence-electron chi connectivity index (χ2n) is 8.46. The molecule has 0 aromatic heterocycles. The van der Waals surface area contributed by atoms with E-state index < -0.39 is 0 Å². The van der Waals surface area contributed by atoms with Crippen LogP contribution in [-0.4, -0.2) is 11.8 Å². The van der Waals surface area contributed by atoms with Crippen molar-refractivity contribution >= 4 is 22.7 Å². The molecule has 2 aromatic carbocycles. The summed E-state index contributed by atoms with van der Waals surface area (Å²) in [7, 11) is 0. The van der Waals surface area contributed by atoms with Crippen molar-refractivity contribution in [1.29, 1.82) is 0 Å². The lowest BCUT2D eigenvalue weighted by molar-refractivity contribution is 0.791. The van der Waals surface area contributed by atoms with Gasteiger partial charge in [0.05, 0.1) is 22.9 Å². The third kappa shape index (κ3) is 2.32. The Morgan fingerprint density at radius 2 is 1.93 bits per heavy atom. The van der Waals surface area contributed by atoms with Gasteiger partial charge in [0.15, 0.2) is 0 Å². The summed E-state index contributed by atoms with van der Waals surface area (Å²) in [4.78, 5) is 5.22. The summed E-state index contributed by atoms with van der Waals surface area (Å²) < 4.78 is 0. The van der Waals surface area contributed by atoms with E-state index in [1.165, 1.54) is 39.2 Å². The van der Waals surface area contributed by atoms with Gasteiger partial charge in [0.2, 0.25) is 0 Å². The number of nitrogens with zero attached hydrogens (tertiary/aromatic N) is 1. The molecule has 0 saturated carbocycles. The topological polar surface area (TPSA) is 24.4 Å². The largest absolute Gasteiger partial charge is 0.377 e. The molecule has 2 unspecified atom stereocenters. The first-order valence-corrected chi connectivity index (χ1v) is 10.6. The van der Waals surface area contributed by atoms with Gasteiger partial charge < -0.3 is 5.32 Å². The molecule has 2 aliphatic carbocycles. The van der Waals surface area contributed by atoms with Gasteiger partial charge in [-0.1, -0.05) is 72.9 Å². The lowest BCUT2D eigenvalue weighted by atomic mass is 9.70. The van der Waals surface area contributed by atoms with Crippen LogP contribution in [0.4, 0.5) is 11.4 Å². The second-order valence-corrected chi connectivity index (χ2v) is 8.46. The Morgan fingerprint density at radius 1 is 1.03 bits per heavy atom. The molecule has 0 radical (unpaired) electrons. The summed E-state index contributed by atoms with van der Waals surface area (Å²) in [5, 5.41) is 3.85. The first-order valence-electron chi connectivity index (χ1n) is 10.6. The van der Waals surface area contributed by atoms with Crippen LogP contribution < -0.4 is 5.32 Å². The molecule has 2 heteroatoms. The highest BCUT2D eigenvalue weighted by Gasteiger charge is 2.46. The molecule has 0 spiro atoms. The van der Waals surface area contributed by atoms with Crippen LogP contribution in [0.15, 0.2) is 89.5 Å². The van der Waals surface area contributed by atoms with Gasteiger partial charge >= 0.3 is 0 Å².